The highest BCUT2D eigenvalue weighted by atomic mass is 16.5. The average Bonchev–Trinajstić information content (AvgIpc) is 2.74. The smallest absolute Gasteiger partial charge is 0.338 e. The minimum absolute atomic E-state index is 0.254. The van der Waals surface area contributed by atoms with Crippen LogP contribution in [0.5, 0.6) is 0 Å². The molecule has 1 aromatic heterocycles. The Balaban J connectivity index is 1.52. The number of carbonyl (C=O) groups excluding carboxylic acids is 1. The van der Waals surface area contributed by atoms with E-state index in [1.807, 2.05) is 48.5 Å². The van der Waals surface area contributed by atoms with Gasteiger partial charge in [-0.05, 0) is 42.3 Å². The van der Waals surface area contributed by atoms with Crippen molar-refractivity contribution in [3.63, 3.8) is 0 Å². The van der Waals surface area contributed by atoms with Gasteiger partial charge in [-0.15, -0.1) is 0 Å². The fourth-order valence-electron chi connectivity index (χ4n) is 3.01. The van der Waals surface area contributed by atoms with Gasteiger partial charge in [0.05, 0.1) is 16.5 Å². The number of ether oxygens (including phenoxy) is 1. The second-order valence-electron chi connectivity index (χ2n) is 6.46. The molecule has 4 rings (SSSR count). The van der Waals surface area contributed by atoms with Gasteiger partial charge in [-0.3, -0.25) is 4.79 Å². The number of benzene rings is 3. The van der Waals surface area contributed by atoms with Gasteiger partial charge in [-0.2, -0.15) is 0 Å². The maximum atomic E-state index is 12.5. The molecule has 1 N–H and O–H groups in total. The molecule has 28 heavy (non-hydrogen) atoms. The molecule has 0 aliphatic heterocycles. The summed E-state index contributed by atoms with van der Waals surface area (Å²) in [6, 6.07) is 24.2. The van der Waals surface area contributed by atoms with E-state index in [4.69, 9.17) is 4.74 Å². The van der Waals surface area contributed by atoms with Crippen molar-refractivity contribution in [1.29, 1.82) is 0 Å². The SMILES string of the molecule is C[C@@H](OC(=O)c1ccc(-c2ccccc2)cc1)c1nc2ccccc2c(=O)[nH]1. The van der Waals surface area contributed by atoms with Crippen LogP contribution in [0, 0.1) is 0 Å². The quantitative estimate of drug-likeness (QED) is 0.537. The summed E-state index contributed by atoms with van der Waals surface area (Å²) in [4.78, 5) is 31.8. The molecule has 0 bridgehead atoms. The predicted octanol–water partition coefficient (Wildman–Crippen LogP) is 4.51. The number of nitrogens with zero attached hydrogens (tertiary/aromatic N) is 1. The zero-order valence-corrected chi connectivity index (χ0v) is 15.3. The highest BCUT2D eigenvalue weighted by Gasteiger charge is 2.17. The third-order valence-electron chi connectivity index (χ3n) is 4.53. The maximum absolute atomic E-state index is 12.5. The number of rotatable bonds is 4. The summed E-state index contributed by atoms with van der Waals surface area (Å²) in [7, 11) is 0. The van der Waals surface area contributed by atoms with Crippen molar-refractivity contribution >= 4 is 16.9 Å². The van der Waals surface area contributed by atoms with Crippen molar-refractivity contribution in [3.8, 4) is 11.1 Å². The number of H-pyrrole nitrogens is 1. The van der Waals surface area contributed by atoms with Crippen molar-refractivity contribution in [1.82, 2.24) is 9.97 Å². The topological polar surface area (TPSA) is 72.0 Å². The van der Waals surface area contributed by atoms with Gasteiger partial charge in [0.2, 0.25) is 0 Å². The van der Waals surface area contributed by atoms with Crippen molar-refractivity contribution in [2.75, 3.05) is 0 Å². The molecule has 0 aliphatic rings. The van der Waals surface area contributed by atoms with Gasteiger partial charge in [-0.25, -0.2) is 9.78 Å². The Morgan fingerprint density at radius 3 is 2.29 bits per heavy atom. The lowest BCUT2D eigenvalue weighted by molar-refractivity contribution is 0.0320. The van der Waals surface area contributed by atoms with E-state index in [1.54, 1.807) is 37.3 Å². The van der Waals surface area contributed by atoms with Crippen LogP contribution in [0.2, 0.25) is 0 Å². The standard InChI is InChI=1S/C23H18N2O3/c1-15(21-24-20-10-6-5-9-19(20)22(26)25-21)28-23(27)18-13-11-17(12-14-18)16-7-3-2-4-8-16/h2-15H,1H3,(H,24,25,26)/t15-/m1/s1. The van der Waals surface area contributed by atoms with Crippen LogP contribution in [0.15, 0.2) is 83.7 Å². The Morgan fingerprint density at radius 2 is 1.54 bits per heavy atom. The van der Waals surface area contributed by atoms with Crippen LogP contribution < -0.4 is 5.56 Å². The van der Waals surface area contributed by atoms with E-state index >= 15 is 0 Å². The fraction of sp³-hybridized carbons (Fsp3) is 0.0870. The van der Waals surface area contributed by atoms with Gasteiger partial charge in [0, 0.05) is 0 Å². The van der Waals surface area contributed by atoms with E-state index < -0.39 is 12.1 Å². The second-order valence-corrected chi connectivity index (χ2v) is 6.46. The molecule has 0 unspecified atom stereocenters. The summed E-state index contributed by atoms with van der Waals surface area (Å²) >= 11 is 0. The molecule has 3 aromatic carbocycles. The maximum Gasteiger partial charge on any atom is 0.338 e. The summed E-state index contributed by atoms with van der Waals surface area (Å²) in [6.07, 6.45) is -0.682. The van der Waals surface area contributed by atoms with Gasteiger partial charge in [0.15, 0.2) is 11.9 Å². The number of aromatic nitrogens is 2. The number of hydrogen-bond acceptors (Lipinski definition) is 4. The van der Waals surface area contributed by atoms with Gasteiger partial charge in [0.25, 0.3) is 5.56 Å². The van der Waals surface area contributed by atoms with Crippen molar-refractivity contribution in [2.24, 2.45) is 0 Å². The molecule has 0 aliphatic carbocycles. The first kappa shape index (κ1) is 17.7. The van der Waals surface area contributed by atoms with Crippen LogP contribution >= 0.6 is 0 Å². The average molecular weight is 370 g/mol. The lowest BCUT2D eigenvalue weighted by Crippen LogP contribution is -2.17. The van der Waals surface area contributed by atoms with Crippen molar-refractivity contribution in [2.45, 2.75) is 13.0 Å². The number of esters is 1. The van der Waals surface area contributed by atoms with E-state index in [-0.39, 0.29) is 5.56 Å². The third-order valence-corrected chi connectivity index (χ3v) is 4.53. The normalized spacial score (nSPS) is 11.9. The van der Waals surface area contributed by atoms with Crippen LogP contribution in [-0.2, 0) is 4.74 Å². The number of hydrogen-bond donors (Lipinski definition) is 1. The first-order valence-corrected chi connectivity index (χ1v) is 8.97. The fourth-order valence-corrected chi connectivity index (χ4v) is 3.01. The van der Waals surface area contributed by atoms with Crippen LogP contribution in [0.3, 0.4) is 0 Å². The van der Waals surface area contributed by atoms with Gasteiger partial charge in [-0.1, -0.05) is 54.6 Å². The summed E-state index contributed by atoms with van der Waals surface area (Å²) in [6.45, 7) is 1.68. The van der Waals surface area contributed by atoms with Gasteiger partial charge in [0.1, 0.15) is 0 Å². The molecule has 0 fully saturated rings. The lowest BCUT2D eigenvalue weighted by Gasteiger charge is -2.13. The molecule has 138 valence electrons. The van der Waals surface area contributed by atoms with Gasteiger partial charge >= 0.3 is 5.97 Å². The highest BCUT2D eigenvalue weighted by molar-refractivity contribution is 5.90. The molecule has 5 nitrogen and oxygen atoms in total. The minimum Gasteiger partial charge on any atom is -0.451 e. The van der Waals surface area contributed by atoms with Crippen LogP contribution in [0.25, 0.3) is 22.0 Å². The molecule has 0 radical (unpaired) electrons. The molecule has 1 heterocycles. The second kappa shape index (κ2) is 7.48. The lowest BCUT2D eigenvalue weighted by atomic mass is 10.0. The van der Waals surface area contributed by atoms with E-state index in [2.05, 4.69) is 9.97 Å². The summed E-state index contributed by atoms with van der Waals surface area (Å²) in [5, 5.41) is 0.501. The largest absolute Gasteiger partial charge is 0.451 e. The van der Waals surface area contributed by atoms with Crippen molar-refractivity contribution < 1.29 is 9.53 Å². The molecule has 0 spiro atoms. The molecule has 0 saturated carbocycles. The third kappa shape index (κ3) is 3.55. The van der Waals surface area contributed by atoms with E-state index in [0.717, 1.165) is 11.1 Å². The number of nitrogens with one attached hydrogen (secondary N) is 1. The number of carbonyl (C=O) groups is 1. The summed E-state index contributed by atoms with van der Waals surface area (Å²) in [5.74, 6) is -0.152. The molecule has 1 atom stereocenters. The van der Waals surface area contributed by atoms with Crippen LogP contribution in [-0.4, -0.2) is 15.9 Å². The number of fused-ring (bicyclic) bond motifs is 1. The van der Waals surface area contributed by atoms with Crippen LogP contribution in [0.1, 0.15) is 29.2 Å². The molecule has 0 amide bonds. The van der Waals surface area contributed by atoms with E-state index in [9.17, 15) is 9.59 Å². The number of para-hydroxylation sites is 1. The zero-order valence-electron chi connectivity index (χ0n) is 15.3. The molecule has 0 saturated heterocycles. The Morgan fingerprint density at radius 1 is 0.893 bits per heavy atom. The van der Waals surface area contributed by atoms with Crippen molar-refractivity contribution in [3.05, 3.63) is 101 Å². The highest BCUT2D eigenvalue weighted by Crippen LogP contribution is 2.21. The Bertz CT molecular complexity index is 1180. The number of aromatic amines is 1. The zero-order chi connectivity index (χ0) is 19.5. The molecular formula is C23H18N2O3. The van der Waals surface area contributed by atoms with E-state index in [0.29, 0.717) is 22.3 Å². The first-order chi connectivity index (χ1) is 13.6. The summed E-state index contributed by atoms with van der Waals surface area (Å²) in [5.41, 5.74) is 2.85. The van der Waals surface area contributed by atoms with Gasteiger partial charge < -0.3 is 9.72 Å². The van der Waals surface area contributed by atoms with Crippen LogP contribution in [0.4, 0.5) is 0 Å². The van der Waals surface area contributed by atoms with E-state index in [1.165, 1.54) is 0 Å². The Labute approximate surface area is 161 Å². The summed E-state index contributed by atoms with van der Waals surface area (Å²) < 4.78 is 5.50. The molecule has 4 aromatic rings. The molecule has 5 heteroatoms. The molecular weight excluding hydrogens is 352 g/mol. The Hall–Kier alpha value is -3.73. The first-order valence-electron chi connectivity index (χ1n) is 8.97. The monoisotopic (exact) mass is 370 g/mol. The Kier molecular flexibility index (Phi) is 4.72. The minimum atomic E-state index is -0.682. The predicted molar refractivity (Wildman–Crippen MR) is 108 cm³/mol.